The molecule has 0 amide bonds. The second-order valence-corrected chi connectivity index (χ2v) is 9.64. The van der Waals surface area contributed by atoms with E-state index >= 15 is 0 Å². The molecule has 6 heteroatoms. The van der Waals surface area contributed by atoms with E-state index in [2.05, 4.69) is 49.4 Å². The Kier molecular flexibility index (Phi) is 5.05. The summed E-state index contributed by atoms with van der Waals surface area (Å²) in [4.78, 5) is 12.4. The summed E-state index contributed by atoms with van der Waals surface area (Å²) >= 11 is 12.6. The molecule has 1 unspecified atom stereocenters. The third-order valence-electron chi connectivity index (χ3n) is 5.37. The van der Waals surface area contributed by atoms with Crippen molar-refractivity contribution in [3.8, 4) is 0 Å². The van der Waals surface area contributed by atoms with Crippen LogP contribution in [0, 0.1) is 5.92 Å². The molecule has 28 heavy (non-hydrogen) atoms. The minimum atomic E-state index is -0.128. The van der Waals surface area contributed by atoms with Gasteiger partial charge in [-0.2, -0.15) is 0 Å². The van der Waals surface area contributed by atoms with Crippen LogP contribution in [0.2, 0.25) is 10.0 Å². The predicted octanol–water partition coefficient (Wildman–Crippen LogP) is 5.93. The van der Waals surface area contributed by atoms with Crippen LogP contribution in [-0.2, 0) is 12.0 Å². The van der Waals surface area contributed by atoms with E-state index in [9.17, 15) is 0 Å². The topological polar surface area (TPSA) is 34.0 Å². The molecule has 0 bridgehead atoms. The summed E-state index contributed by atoms with van der Waals surface area (Å²) in [5, 5.41) is 2.28. The van der Waals surface area contributed by atoms with Crippen molar-refractivity contribution in [3.05, 3.63) is 51.9 Å². The van der Waals surface area contributed by atoms with Crippen molar-refractivity contribution in [2.45, 2.75) is 46.1 Å². The summed E-state index contributed by atoms with van der Waals surface area (Å²) in [6.07, 6.45) is 3.28. The molecule has 2 aromatic heterocycles. The van der Waals surface area contributed by atoms with Gasteiger partial charge in [0.05, 0.1) is 22.0 Å². The van der Waals surface area contributed by atoms with Crippen molar-refractivity contribution in [2.24, 2.45) is 5.92 Å². The molecule has 1 aliphatic heterocycles. The van der Waals surface area contributed by atoms with Gasteiger partial charge in [-0.1, -0.05) is 63.0 Å². The van der Waals surface area contributed by atoms with Gasteiger partial charge in [-0.15, -0.1) is 0 Å². The molecule has 0 radical (unpaired) electrons. The first-order valence-electron chi connectivity index (χ1n) is 9.79. The van der Waals surface area contributed by atoms with Crippen molar-refractivity contribution in [1.29, 1.82) is 0 Å². The monoisotopic (exact) mass is 416 g/mol. The summed E-state index contributed by atoms with van der Waals surface area (Å²) < 4.78 is 2.15. The fourth-order valence-electron chi connectivity index (χ4n) is 3.73. The summed E-state index contributed by atoms with van der Waals surface area (Å²) in [5.41, 5.74) is 1.81. The van der Waals surface area contributed by atoms with Crippen LogP contribution < -0.4 is 4.90 Å². The first kappa shape index (κ1) is 19.5. The number of fused-ring (bicyclic) bond motifs is 1. The Morgan fingerprint density at radius 2 is 1.93 bits per heavy atom. The highest BCUT2D eigenvalue weighted by molar-refractivity contribution is 6.42. The van der Waals surface area contributed by atoms with Gasteiger partial charge in [0.1, 0.15) is 17.3 Å². The molecule has 0 aliphatic carbocycles. The summed E-state index contributed by atoms with van der Waals surface area (Å²) in [6.45, 7) is 11.5. The smallest absolute Gasteiger partial charge is 0.146 e. The average molecular weight is 417 g/mol. The van der Waals surface area contributed by atoms with Crippen LogP contribution in [0.25, 0.3) is 11.0 Å². The van der Waals surface area contributed by atoms with Gasteiger partial charge >= 0.3 is 0 Å². The Bertz CT molecular complexity index is 1020. The molecule has 3 heterocycles. The number of anilines is 1. The first-order valence-corrected chi connectivity index (χ1v) is 10.5. The van der Waals surface area contributed by atoms with Crippen LogP contribution in [0.3, 0.4) is 0 Å². The Morgan fingerprint density at radius 1 is 1.14 bits per heavy atom. The van der Waals surface area contributed by atoms with Gasteiger partial charge in [0.15, 0.2) is 0 Å². The van der Waals surface area contributed by atoms with Gasteiger partial charge in [-0.3, -0.25) is 0 Å². The lowest BCUT2D eigenvalue weighted by atomic mass is 9.95. The Labute approximate surface area is 176 Å². The van der Waals surface area contributed by atoms with Crippen molar-refractivity contribution in [3.63, 3.8) is 0 Å². The Balaban J connectivity index is 1.84. The zero-order valence-electron chi connectivity index (χ0n) is 16.8. The molecule has 0 N–H and O–H groups in total. The normalized spacial score (nSPS) is 17.6. The molecule has 1 aliphatic rings. The summed E-state index contributed by atoms with van der Waals surface area (Å²) in [5.74, 6) is 2.61. The van der Waals surface area contributed by atoms with E-state index in [4.69, 9.17) is 33.2 Å². The number of aromatic nitrogens is 3. The van der Waals surface area contributed by atoms with Crippen LogP contribution in [-0.4, -0.2) is 27.6 Å². The quantitative estimate of drug-likeness (QED) is 0.530. The van der Waals surface area contributed by atoms with E-state index in [0.717, 1.165) is 41.3 Å². The number of nitrogens with zero attached hydrogens (tertiary/aromatic N) is 4. The Hall–Kier alpha value is -1.78. The zero-order valence-corrected chi connectivity index (χ0v) is 18.3. The molecule has 4 nitrogen and oxygen atoms in total. The van der Waals surface area contributed by atoms with Gasteiger partial charge in [-0.25, -0.2) is 9.97 Å². The van der Waals surface area contributed by atoms with Crippen LogP contribution in [0.1, 0.15) is 45.5 Å². The molecule has 1 atom stereocenters. The van der Waals surface area contributed by atoms with E-state index in [0.29, 0.717) is 22.5 Å². The lowest BCUT2D eigenvalue weighted by molar-refractivity contribution is 0.546. The van der Waals surface area contributed by atoms with Crippen molar-refractivity contribution < 1.29 is 0 Å². The predicted molar refractivity (Wildman–Crippen MR) is 118 cm³/mol. The molecule has 0 spiro atoms. The lowest BCUT2D eigenvalue weighted by Gasteiger charge is -2.23. The van der Waals surface area contributed by atoms with Gasteiger partial charge in [-0.05, 0) is 30.0 Å². The summed E-state index contributed by atoms with van der Waals surface area (Å²) in [7, 11) is 0. The second-order valence-electron chi connectivity index (χ2n) is 8.85. The van der Waals surface area contributed by atoms with Crippen LogP contribution in [0.4, 0.5) is 5.82 Å². The van der Waals surface area contributed by atoms with Crippen molar-refractivity contribution >= 4 is 40.1 Å². The number of halogens is 2. The maximum Gasteiger partial charge on any atom is 0.146 e. The highest BCUT2D eigenvalue weighted by atomic mass is 35.5. The largest absolute Gasteiger partial charge is 0.356 e. The van der Waals surface area contributed by atoms with E-state index in [1.807, 2.05) is 18.2 Å². The third-order valence-corrected chi connectivity index (χ3v) is 6.22. The van der Waals surface area contributed by atoms with Gasteiger partial charge in [0.25, 0.3) is 0 Å². The highest BCUT2D eigenvalue weighted by Crippen LogP contribution is 2.33. The highest BCUT2D eigenvalue weighted by Gasteiger charge is 2.27. The molecule has 148 valence electrons. The average Bonchev–Trinajstić information content (AvgIpc) is 3.24. The minimum absolute atomic E-state index is 0.128. The van der Waals surface area contributed by atoms with Gasteiger partial charge in [0.2, 0.25) is 0 Å². The van der Waals surface area contributed by atoms with Crippen LogP contribution in [0.5, 0.6) is 0 Å². The lowest BCUT2D eigenvalue weighted by Crippen LogP contribution is -2.24. The van der Waals surface area contributed by atoms with E-state index in [1.165, 1.54) is 6.42 Å². The number of hydrogen-bond acceptors (Lipinski definition) is 3. The second kappa shape index (κ2) is 7.23. The summed E-state index contributed by atoms with van der Waals surface area (Å²) in [6, 6.07) is 7.88. The third kappa shape index (κ3) is 3.60. The van der Waals surface area contributed by atoms with Crippen molar-refractivity contribution in [1.82, 2.24) is 14.5 Å². The molecule has 1 aromatic carbocycles. The number of benzene rings is 1. The van der Waals surface area contributed by atoms with E-state index in [-0.39, 0.29) is 5.41 Å². The first-order chi connectivity index (χ1) is 13.2. The van der Waals surface area contributed by atoms with Gasteiger partial charge < -0.3 is 9.47 Å². The minimum Gasteiger partial charge on any atom is -0.356 e. The fraction of sp³-hybridized carbons (Fsp3) is 0.455. The SMILES string of the molecule is CC1CCN(c2nc(C(C)(C)C)nc3c2ccn3Cc2cccc(Cl)c2Cl)C1. The molecule has 1 saturated heterocycles. The molecular formula is C22H26Cl2N4. The van der Waals surface area contributed by atoms with E-state index < -0.39 is 0 Å². The molecular weight excluding hydrogens is 391 g/mol. The molecule has 0 saturated carbocycles. The maximum absolute atomic E-state index is 6.43. The van der Waals surface area contributed by atoms with Crippen LogP contribution in [0.15, 0.2) is 30.5 Å². The number of hydrogen-bond donors (Lipinski definition) is 0. The van der Waals surface area contributed by atoms with E-state index in [1.54, 1.807) is 0 Å². The Morgan fingerprint density at radius 3 is 2.61 bits per heavy atom. The maximum atomic E-state index is 6.43. The number of rotatable bonds is 3. The fourth-order valence-corrected chi connectivity index (χ4v) is 4.11. The van der Waals surface area contributed by atoms with Gasteiger partial charge in [0, 0.05) is 24.7 Å². The molecule has 1 fully saturated rings. The molecule has 4 rings (SSSR count). The standard InChI is InChI=1S/C22H26Cl2N4/c1-14-8-10-27(12-14)19-16-9-11-28(13-15-6-5-7-17(23)18(15)24)20(16)26-21(25-19)22(2,3)4/h5-7,9,11,14H,8,10,12-13H2,1-4H3. The zero-order chi connectivity index (χ0) is 20.1. The molecule has 3 aromatic rings. The van der Waals surface area contributed by atoms with Crippen molar-refractivity contribution in [2.75, 3.05) is 18.0 Å². The van der Waals surface area contributed by atoms with Crippen LogP contribution >= 0.6 is 23.2 Å².